The lowest BCUT2D eigenvalue weighted by Crippen LogP contribution is -2.28. The van der Waals surface area contributed by atoms with Crippen LogP contribution in [0.25, 0.3) is 0 Å². The van der Waals surface area contributed by atoms with Gasteiger partial charge in [-0.15, -0.1) is 0 Å². The highest BCUT2D eigenvalue weighted by Gasteiger charge is 2.47. The molecule has 1 aromatic carbocycles. The van der Waals surface area contributed by atoms with Crippen molar-refractivity contribution in [1.82, 2.24) is 0 Å². The van der Waals surface area contributed by atoms with Crippen molar-refractivity contribution in [3.8, 4) is 6.07 Å². The zero-order valence-electron chi connectivity index (χ0n) is 9.29. The number of hydrogen-bond acceptors (Lipinski definition) is 3. The summed E-state index contributed by atoms with van der Waals surface area (Å²) in [5, 5.41) is 11.4. The van der Waals surface area contributed by atoms with Gasteiger partial charge in [-0.1, -0.05) is 0 Å². The van der Waals surface area contributed by atoms with Gasteiger partial charge in [-0.05, 0) is 25.1 Å². The molecule has 17 heavy (non-hydrogen) atoms. The van der Waals surface area contributed by atoms with Gasteiger partial charge in [0.2, 0.25) is 0 Å². The number of alkyl halides is 1. The number of benzene rings is 1. The Morgan fingerprint density at radius 1 is 1.71 bits per heavy atom. The van der Waals surface area contributed by atoms with E-state index in [0.29, 0.717) is 12.3 Å². The first-order valence-electron chi connectivity index (χ1n) is 5.13. The summed E-state index contributed by atoms with van der Waals surface area (Å²) in [6.45, 7) is 1.34. The van der Waals surface area contributed by atoms with Gasteiger partial charge in [0.25, 0.3) is 5.91 Å². The minimum Gasteiger partial charge on any atom is -0.359 e. The lowest BCUT2D eigenvalue weighted by atomic mass is 10.1. The highest BCUT2D eigenvalue weighted by atomic mass is 19.1. The van der Waals surface area contributed by atoms with E-state index in [-0.39, 0.29) is 17.0 Å². The number of carbonyl (C=O) groups excluding carboxylic acids is 1. The minimum absolute atomic E-state index is 0.257. The van der Waals surface area contributed by atoms with Crippen molar-refractivity contribution >= 4 is 11.6 Å². The van der Waals surface area contributed by atoms with Crippen LogP contribution in [0, 0.1) is 11.3 Å². The number of amides is 1. The van der Waals surface area contributed by atoms with E-state index in [0.717, 1.165) is 0 Å². The Hall–Kier alpha value is -1.93. The number of epoxide rings is 1. The first-order valence-corrected chi connectivity index (χ1v) is 5.13. The summed E-state index contributed by atoms with van der Waals surface area (Å²) in [6, 6.07) is 6.41. The summed E-state index contributed by atoms with van der Waals surface area (Å²) in [5.41, 5.74) is 0.258. The van der Waals surface area contributed by atoms with Crippen molar-refractivity contribution in [1.29, 1.82) is 5.26 Å². The molecule has 0 aliphatic carbocycles. The lowest BCUT2D eigenvalue weighted by molar-refractivity contribution is -0.120. The molecule has 1 saturated heterocycles. The topological polar surface area (TPSA) is 65.4 Å². The van der Waals surface area contributed by atoms with E-state index in [1.807, 2.05) is 6.07 Å². The molecule has 0 radical (unpaired) electrons. The van der Waals surface area contributed by atoms with Crippen LogP contribution in [0.5, 0.6) is 0 Å². The SMILES string of the molecule is C[C@@]1(C(=O)Nc2ccc(C#N)c(CF)c2)CO1. The number of halogens is 1. The molecule has 1 N–H and O–H groups in total. The van der Waals surface area contributed by atoms with Crippen LogP contribution >= 0.6 is 0 Å². The van der Waals surface area contributed by atoms with E-state index in [1.54, 1.807) is 13.0 Å². The molecule has 5 heteroatoms. The third-order valence-corrected chi connectivity index (χ3v) is 2.69. The number of nitriles is 1. The van der Waals surface area contributed by atoms with Gasteiger partial charge in [0.15, 0.2) is 5.60 Å². The number of rotatable bonds is 3. The molecule has 0 unspecified atom stereocenters. The molecule has 0 saturated carbocycles. The van der Waals surface area contributed by atoms with Gasteiger partial charge in [0.05, 0.1) is 18.2 Å². The summed E-state index contributed by atoms with van der Waals surface area (Å²) < 4.78 is 17.6. The molecule has 1 aliphatic heterocycles. The van der Waals surface area contributed by atoms with Crippen molar-refractivity contribution in [2.75, 3.05) is 11.9 Å². The van der Waals surface area contributed by atoms with Gasteiger partial charge in [-0.25, -0.2) is 4.39 Å². The van der Waals surface area contributed by atoms with Crippen LogP contribution in [-0.4, -0.2) is 18.1 Å². The Kier molecular flexibility index (Phi) is 2.82. The van der Waals surface area contributed by atoms with E-state index in [9.17, 15) is 9.18 Å². The van der Waals surface area contributed by atoms with Crippen molar-refractivity contribution in [3.63, 3.8) is 0 Å². The molecular formula is C12H11FN2O2. The zero-order valence-corrected chi connectivity index (χ0v) is 9.29. The van der Waals surface area contributed by atoms with Crippen LogP contribution in [-0.2, 0) is 16.2 Å². The van der Waals surface area contributed by atoms with E-state index < -0.39 is 12.3 Å². The maximum Gasteiger partial charge on any atom is 0.258 e. The molecule has 0 aromatic heterocycles. The predicted octanol–water partition coefficient (Wildman–Crippen LogP) is 1.76. The fraction of sp³-hybridized carbons (Fsp3) is 0.333. The van der Waals surface area contributed by atoms with E-state index >= 15 is 0 Å². The molecule has 1 atom stereocenters. The number of nitrogens with one attached hydrogen (secondary N) is 1. The first-order chi connectivity index (χ1) is 8.09. The summed E-state index contributed by atoms with van der Waals surface area (Å²) >= 11 is 0. The van der Waals surface area contributed by atoms with Gasteiger partial charge in [-0.2, -0.15) is 5.26 Å². The third kappa shape index (κ3) is 2.27. The van der Waals surface area contributed by atoms with E-state index in [1.165, 1.54) is 12.1 Å². The molecule has 1 fully saturated rings. The molecule has 1 aromatic rings. The summed E-state index contributed by atoms with van der Waals surface area (Å²) in [4.78, 5) is 11.7. The monoisotopic (exact) mass is 234 g/mol. The normalized spacial score (nSPS) is 21.7. The van der Waals surface area contributed by atoms with Crippen LogP contribution in [0.1, 0.15) is 18.1 Å². The van der Waals surface area contributed by atoms with Gasteiger partial charge in [0, 0.05) is 11.3 Å². The second kappa shape index (κ2) is 4.15. The van der Waals surface area contributed by atoms with Gasteiger partial charge >= 0.3 is 0 Å². The summed E-state index contributed by atoms with van der Waals surface area (Å²) in [6.07, 6.45) is 0. The minimum atomic E-state index is -0.760. The third-order valence-electron chi connectivity index (χ3n) is 2.69. The number of anilines is 1. The van der Waals surface area contributed by atoms with Crippen molar-refractivity contribution in [3.05, 3.63) is 29.3 Å². The van der Waals surface area contributed by atoms with E-state index in [4.69, 9.17) is 10.00 Å². The molecule has 4 nitrogen and oxygen atoms in total. The Balaban J connectivity index is 2.17. The van der Waals surface area contributed by atoms with Crippen LogP contribution in [0.4, 0.5) is 10.1 Å². The maximum atomic E-state index is 12.6. The van der Waals surface area contributed by atoms with Crippen molar-refractivity contribution in [2.45, 2.75) is 19.2 Å². The fourth-order valence-corrected chi connectivity index (χ4v) is 1.39. The maximum absolute atomic E-state index is 12.6. The quantitative estimate of drug-likeness (QED) is 0.810. The Bertz CT molecular complexity index is 504. The molecule has 0 bridgehead atoms. The average molecular weight is 234 g/mol. The molecular weight excluding hydrogens is 223 g/mol. The smallest absolute Gasteiger partial charge is 0.258 e. The molecule has 0 spiro atoms. The summed E-state index contributed by atoms with van der Waals surface area (Å²) in [5.74, 6) is -0.257. The van der Waals surface area contributed by atoms with Gasteiger partial charge in [0.1, 0.15) is 6.67 Å². The number of nitrogens with zero attached hydrogens (tertiary/aromatic N) is 1. The Morgan fingerprint density at radius 3 is 2.94 bits per heavy atom. The molecule has 88 valence electrons. The second-order valence-electron chi connectivity index (χ2n) is 4.09. The predicted molar refractivity (Wildman–Crippen MR) is 59.0 cm³/mol. The zero-order chi connectivity index (χ0) is 12.5. The average Bonchev–Trinajstić information content (AvgIpc) is 3.08. The molecule has 2 rings (SSSR count). The van der Waals surface area contributed by atoms with Gasteiger partial charge < -0.3 is 10.1 Å². The molecule has 1 heterocycles. The number of hydrogen-bond donors (Lipinski definition) is 1. The second-order valence-corrected chi connectivity index (χ2v) is 4.09. The van der Waals surface area contributed by atoms with Gasteiger partial charge in [-0.3, -0.25) is 4.79 Å². The molecule has 1 aliphatic rings. The highest BCUT2D eigenvalue weighted by molar-refractivity contribution is 5.98. The van der Waals surface area contributed by atoms with Crippen LogP contribution in [0.15, 0.2) is 18.2 Å². The first kappa shape index (κ1) is 11.6. The van der Waals surface area contributed by atoms with Crippen LogP contribution in [0.2, 0.25) is 0 Å². The highest BCUT2D eigenvalue weighted by Crippen LogP contribution is 2.28. The van der Waals surface area contributed by atoms with Crippen LogP contribution in [0.3, 0.4) is 0 Å². The standard InChI is InChI=1S/C12H11FN2O2/c1-12(7-17-12)11(16)15-10-3-2-8(6-14)9(4-10)5-13/h2-4H,5,7H2,1H3,(H,15,16)/t12-/m0/s1. The van der Waals surface area contributed by atoms with Crippen molar-refractivity contribution < 1.29 is 13.9 Å². The molecule has 1 amide bonds. The largest absolute Gasteiger partial charge is 0.359 e. The van der Waals surface area contributed by atoms with E-state index in [2.05, 4.69) is 5.32 Å². The Labute approximate surface area is 98.0 Å². The lowest BCUT2D eigenvalue weighted by Gasteiger charge is -2.09. The number of ether oxygens (including phenoxy) is 1. The Morgan fingerprint density at radius 2 is 2.41 bits per heavy atom. The summed E-state index contributed by atoms with van der Waals surface area (Å²) in [7, 11) is 0. The fourth-order valence-electron chi connectivity index (χ4n) is 1.39. The van der Waals surface area contributed by atoms with Crippen molar-refractivity contribution in [2.24, 2.45) is 0 Å². The van der Waals surface area contributed by atoms with Crippen LogP contribution < -0.4 is 5.32 Å². The number of carbonyl (C=O) groups is 1.